The van der Waals surface area contributed by atoms with Gasteiger partial charge in [0.25, 0.3) is 0 Å². The summed E-state index contributed by atoms with van der Waals surface area (Å²) in [4.78, 5) is 4.03. The van der Waals surface area contributed by atoms with Gasteiger partial charge in [-0.05, 0) is 31.0 Å². The zero-order valence-corrected chi connectivity index (χ0v) is 11.0. The molecule has 0 radical (unpaired) electrons. The summed E-state index contributed by atoms with van der Waals surface area (Å²) in [5.41, 5.74) is -0.465. The minimum absolute atomic E-state index is 0.000298. The lowest BCUT2D eigenvalue weighted by molar-refractivity contribution is -0.137. The Morgan fingerprint density at radius 1 is 1.09 bits per heavy atom. The monoisotopic (exact) mass is 310 g/mol. The molecule has 1 saturated carbocycles. The van der Waals surface area contributed by atoms with Crippen LogP contribution in [0.5, 0.6) is 0 Å². The quantitative estimate of drug-likeness (QED) is 0.791. The van der Waals surface area contributed by atoms with Crippen LogP contribution in [0.2, 0.25) is 0 Å². The number of hydrogen-bond donors (Lipinski definition) is 1. The van der Waals surface area contributed by atoms with E-state index in [2.05, 4.69) is 20.5 Å². The van der Waals surface area contributed by atoms with Crippen molar-refractivity contribution >= 4 is 23.1 Å². The predicted molar refractivity (Wildman–Crippen MR) is 68.6 cm³/mol. The lowest BCUT2D eigenvalue weighted by Crippen LogP contribution is -2.03. The van der Waals surface area contributed by atoms with Gasteiger partial charge in [-0.1, -0.05) is 5.10 Å². The smallest absolute Gasteiger partial charge is 0.416 e. The number of nitrogens with one attached hydrogen (secondary N) is 1. The van der Waals surface area contributed by atoms with E-state index in [1.807, 2.05) is 0 Å². The number of fused-ring (bicyclic) bond motifs is 1. The van der Waals surface area contributed by atoms with Gasteiger partial charge in [0.05, 0.1) is 5.56 Å². The van der Waals surface area contributed by atoms with Gasteiger partial charge in [-0.3, -0.25) is 5.32 Å². The molecule has 2 aromatic heterocycles. The predicted octanol–water partition coefficient (Wildman–Crippen LogP) is 3.85. The molecule has 0 saturated heterocycles. The molecule has 0 unspecified atom stereocenters. The Bertz CT molecular complexity index is 835. The van der Waals surface area contributed by atoms with Gasteiger partial charge in [-0.25, -0.2) is 0 Å². The van der Waals surface area contributed by atoms with Gasteiger partial charge in [0.2, 0.25) is 5.89 Å². The normalized spacial score (nSPS) is 15.4. The molecule has 1 aromatic carbocycles. The molecule has 1 aliphatic carbocycles. The first-order chi connectivity index (χ1) is 10.5. The third kappa shape index (κ3) is 2.38. The zero-order chi connectivity index (χ0) is 15.3. The first kappa shape index (κ1) is 13.1. The highest BCUT2D eigenvalue weighted by molar-refractivity contribution is 5.75. The summed E-state index contributed by atoms with van der Waals surface area (Å²) in [5, 5.41) is 10.3. The molecule has 6 nitrogen and oxygen atoms in total. The average Bonchev–Trinajstić information content (AvgIpc) is 3.06. The largest absolute Gasteiger partial charge is 0.423 e. The topological polar surface area (TPSA) is 77.0 Å². The molecule has 1 N–H and O–H groups in total. The fourth-order valence-corrected chi connectivity index (χ4v) is 2.03. The zero-order valence-electron chi connectivity index (χ0n) is 11.0. The number of oxazole rings is 1. The van der Waals surface area contributed by atoms with Gasteiger partial charge >= 0.3 is 18.2 Å². The number of hydrogen-bond acceptors (Lipinski definition) is 6. The van der Waals surface area contributed by atoms with Crippen LogP contribution in [0.1, 0.15) is 30.2 Å². The van der Waals surface area contributed by atoms with E-state index in [9.17, 15) is 13.2 Å². The molecule has 0 amide bonds. The SMILES string of the molecule is FC(F)(F)c1ccc2nc(Nc3nnc(C4CC4)o3)oc2c1. The van der Waals surface area contributed by atoms with Crippen molar-refractivity contribution in [2.24, 2.45) is 0 Å². The Balaban J connectivity index is 1.61. The van der Waals surface area contributed by atoms with Crippen molar-refractivity contribution in [3.8, 4) is 0 Å². The van der Waals surface area contributed by atoms with Crippen molar-refractivity contribution in [1.29, 1.82) is 0 Å². The number of benzene rings is 1. The van der Waals surface area contributed by atoms with E-state index < -0.39 is 11.7 Å². The number of anilines is 2. The van der Waals surface area contributed by atoms with Crippen LogP contribution >= 0.6 is 0 Å². The number of rotatable bonds is 3. The van der Waals surface area contributed by atoms with Crippen LogP contribution < -0.4 is 5.32 Å². The van der Waals surface area contributed by atoms with Gasteiger partial charge in [0, 0.05) is 5.92 Å². The number of nitrogens with zero attached hydrogens (tertiary/aromatic N) is 3. The highest BCUT2D eigenvalue weighted by Gasteiger charge is 2.31. The lowest BCUT2D eigenvalue weighted by atomic mass is 10.2. The van der Waals surface area contributed by atoms with E-state index in [1.54, 1.807) is 0 Å². The molecule has 4 rings (SSSR count). The Morgan fingerprint density at radius 3 is 2.64 bits per heavy atom. The Morgan fingerprint density at radius 2 is 1.91 bits per heavy atom. The molecule has 114 valence electrons. The first-order valence-corrected chi connectivity index (χ1v) is 6.57. The van der Waals surface area contributed by atoms with E-state index in [0.717, 1.165) is 25.0 Å². The number of aromatic nitrogens is 3. The first-order valence-electron chi connectivity index (χ1n) is 6.57. The Hall–Kier alpha value is -2.58. The molecule has 1 aliphatic rings. The second-order valence-corrected chi connectivity index (χ2v) is 5.04. The summed E-state index contributed by atoms with van der Waals surface area (Å²) in [6, 6.07) is 3.20. The maximum Gasteiger partial charge on any atom is 0.416 e. The van der Waals surface area contributed by atoms with Crippen molar-refractivity contribution in [3.05, 3.63) is 29.7 Å². The minimum atomic E-state index is -4.43. The highest BCUT2D eigenvalue weighted by Crippen LogP contribution is 2.39. The van der Waals surface area contributed by atoms with Crippen molar-refractivity contribution in [1.82, 2.24) is 15.2 Å². The van der Waals surface area contributed by atoms with Crippen LogP contribution in [0.15, 0.2) is 27.0 Å². The second kappa shape index (κ2) is 4.46. The van der Waals surface area contributed by atoms with Crippen LogP contribution in [0.3, 0.4) is 0 Å². The Kier molecular flexibility index (Phi) is 2.65. The summed E-state index contributed by atoms with van der Waals surface area (Å²) < 4.78 is 48.5. The molecular formula is C13H9F3N4O2. The molecule has 0 spiro atoms. The van der Waals surface area contributed by atoms with E-state index in [1.165, 1.54) is 6.07 Å². The number of halogens is 3. The Labute approximate surface area is 121 Å². The fraction of sp³-hybridized carbons (Fsp3) is 0.308. The van der Waals surface area contributed by atoms with Crippen LogP contribution in [-0.2, 0) is 6.18 Å². The molecule has 0 bridgehead atoms. The van der Waals surface area contributed by atoms with Crippen molar-refractivity contribution in [2.45, 2.75) is 24.9 Å². The number of alkyl halides is 3. The third-order valence-electron chi connectivity index (χ3n) is 3.30. The van der Waals surface area contributed by atoms with E-state index >= 15 is 0 Å². The van der Waals surface area contributed by atoms with Crippen LogP contribution in [0, 0.1) is 0 Å². The molecule has 2 heterocycles. The van der Waals surface area contributed by atoms with Crippen LogP contribution in [0.4, 0.5) is 25.2 Å². The van der Waals surface area contributed by atoms with Crippen molar-refractivity contribution in [2.75, 3.05) is 5.32 Å². The maximum atomic E-state index is 12.6. The average molecular weight is 310 g/mol. The summed E-state index contributed by atoms with van der Waals surface area (Å²) in [6.07, 6.45) is -2.39. The summed E-state index contributed by atoms with van der Waals surface area (Å²) in [7, 11) is 0. The highest BCUT2D eigenvalue weighted by atomic mass is 19.4. The third-order valence-corrected chi connectivity index (χ3v) is 3.30. The van der Waals surface area contributed by atoms with Gasteiger partial charge < -0.3 is 8.83 Å². The molecule has 22 heavy (non-hydrogen) atoms. The lowest BCUT2D eigenvalue weighted by Gasteiger charge is -2.04. The molecule has 9 heteroatoms. The van der Waals surface area contributed by atoms with Gasteiger partial charge in [0.1, 0.15) is 5.52 Å². The summed E-state index contributed by atoms with van der Waals surface area (Å²) in [6.45, 7) is 0. The van der Waals surface area contributed by atoms with Crippen LogP contribution in [-0.4, -0.2) is 15.2 Å². The van der Waals surface area contributed by atoms with Gasteiger partial charge in [-0.2, -0.15) is 18.2 Å². The van der Waals surface area contributed by atoms with Crippen LogP contribution in [0.25, 0.3) is 11.1 Å². The summed E-state index contributed by atoms with van der Waals surface area (Å²) in [5.74, 6) is 0.846. The molecular weight excluding hydrogens is 301 g/mol. The van der Waals surface area contributed by atoms with Gasteiger partial charge in [0.15, 0.2) is 5.58 Å². The molecule has 1 fully saturated rings. The van der Waals surface area contributed by atoms with Crippen molar-refractivity contribution < 1.29 is 22.0 Å². The molecule has 0 atom stereocenters. The standard InChI is InChI=1S/C13H9F3N4O2/c14-13(15,16)7-3-4-8-9(5-7)21-11(17-8)18-12-20-19-10(22-12)6-1-2-6/h3-6H,1-2H2,(H,17,18,20). The molecule has 3 aromatic rings. The van der Waals surface area contributed by atoms with E-state index in [4.69, 9.17) is 8.83 Å². The minimum Gasteiger partial charge on any atom is -0.423 e. The van der Waals surface area contributed by atoms with Crippen molar-refractivity contribution in [3.63, 3.8) is 0 Å². The fourth-order valence-electron chi connectivity index (χ4n) is 2.03. The van der Waals surface area contributed by atoms with E-state index in [-0.39, 0.29) is 17.6 Å². The molecule has 0 aliphatic heterocycles. The maximum absolute atomic E-state index is 12.6. The second-order valence-electron chi connectivity index (χ2n) is 5.04. The summed E-state index contributed by atoms with van der Waals surface area (Å²) >= 11 is 0. The van der Waals surface area contributed by atoms with E-state index in [0.29, 0.717) is 17.3 Å². The van der Waals surface area contributed by atoms with Gasteiger partial charge in [-0.15, -0.1) is 5.10 Å².